The van der Waals surface area contributed by atoms with Crippen molar-refractivity contribution in [3.63, 3.8) is 0 Å². The van der Waals surface area contributed by atoms with Crippen LogP contribution in [0.5, 0.6) is 0 Å². The van der Waals surface area contributed by atoms with Gasteiger partial charge in [-0.3, -0.25) is 0 Å². The molecule has 10 heteroatoms. The van der Waals surface area contributed by atoms with Gasteiger partial charge in [-0.05, 0) is 28.7 Å². The molecule has 0 saturated heterocycles. The quantitative estimate of drug-likeness (QED) is 0.196. The molecule has 0 fully saturated rings. The zero-order chi connectivity index (χ0) is 29.8. The third kappa shape index (κ3) is 3.51. The van der Waals surface area contributed by atoms with E-state index in [2.05, 4.69) is 4.98 Å². The maximum Gasteiger partial charge on any atom is 0.384 e. The smallest absolute Gasteiger partial charge is 0.384 e. The number of hydrogen-bond acceptors (Lipinski definition) is 2. The molecule has 2 nitrogen and oxygen atoms in total. The Hall–Kier alpha value is -3.95. The Bertz CT molecular complexity index is 1830. The zero-order valence-corrected chi connectivity index (χ0v) is 21.8. The summed E-state index contributed by atoms with van der Waals surface area (Å²) in [7, 11) is 0. The van der Waals surface area contributed by atoms with Gasteiger partial charge in [0.1, 0.15) is 16.9 Å². The number of fused-ring (bicyclic) bond motifs is 4. The lowest BCUT2D eigenvalue weighted by Crippen LogP contribution is -2.64. The normalized spacial score (nSPS) is 18.9. The van der Waals surface area contributed by atoms with Gasteiger partial charge in [0.25, 0.3) is 0 Å². The van der Waals surface area contributed by atoms with Crippen LogP contribution in [0, 0.1) is 0 Å². The highest BCUT2D eigenvalue weighted by Gasteiger charge is 2.86. The van der Waals surface area contributed by atoms with Gasteiger partial charge in [0, 0.05) is 21.9 Å². The Balaban J connectivity index is 1.69. The molecule has 0 atom stereocenters. The Morgan fingerprint density at radius 1 is 0.634 bits per heavy atom. The predicted molar refractivity (Wildman–Crippen MR) is 139 cm³/mol. The predicted octanol–water partition coefficient (Wildman–Crippen LogP) is 10.1. The SMILES string of the molecule is CC(C)(C)c1cc(-c2cccc3c2oc2c(-c4ccccc4)cccc23)nc2c1C(F)(F)C(F)(F)C(F)(F)C2(F)F. The van der Waals surface area contributed by atoms with Gasteiger partial charge < -0.3 is 4.42 Å². The van der Waals surface area contributed by atoms with Crippen LogP contribution in [0.3, 0.4) is 0 Å². The monoisotopic (exact) mass is 575 g/mol. The lowest BCUT2D eigenvalue weighted by Gasteiger charge is -2.44. The van der Waals surface area contributed by atoms with Crippen LogP contribution in [-0.2, 0) is 17.3 Å². The van der Waals surface area contributed by atoms with Crippen molar-refractivity contribution in [3.8, 4) is 22.4 Å². The van der Waals surface area contributed by atoms with E-state index < -0.39 is 51.6 Å². The summed E-state index contributed by atoms with van der Waals surface area (Å²) in [6.07, 6.45) is 0. The van der Waals surface area contributed by atoms with E-state index in [-0.39, 0.29) is 11.1 Å². The van der Waals surface area contributed by atoms with Crippen molar-refractivity contribution in [2.75, 3.05) is 0 Å². The summed E-state index contributed by atoms with van der Waals surface area (Å²) in [4.78, 5) is 3.56. The van der Waals surface area contributed by atoms with E-state index in [9.17, 15) is 17.6 Å². The summed E-state index contributed by atoms with van der Waals surface area (Å²) in [5.74, 6) is -24.1. The van der Waals surface area contributed by atoms with Crippen LogP contribution in [0.25, 0.3) is 44.3 Å². The Morgan fingerprint density at radius 3 is 1.76 bits per heavy atom. The molecule has 212 valence electrons. The van der Waals surface area contributed by atoms with Crippen LogP contribution in [-0.4, -0.2) is 16.8 Å². The summed E-state index contributed by atoms with van der Waals surface area (Å²) in [6.45, 7) is 4.00. The fourth-order valence-electron chi connectivity index (χ4n) is 5.39. The molecule has 2 heterocycles. The molecule has 0 N–H and O–H groups in total. The van der Waals surface area contributed by atoms with Gasteiger partial charge in [0.2, 0.25) is 0 Å². The lowest BCUT2D eigenvalue weighted by atomic mass is 9.74. The minimum Gasteiger partial charge on any atom is -0.455 e. The number of rotatable bonds is 2. The molecule has 0 bridgehead atoms. The first-order chi connectivity index (χ1) is 19.0. The highest BCUT2D eigenvalue weighted by atomic mass is 19.4. The number of furan rings is 1. The minimum absolute atomic E-state index is 0.0470. The second-order valence-electron chi connectivity index (χ2n) is 11.2. The first-order valence-corrected chi connectivity index (χ1v) is 12.6. The average molecular weight is 575 g/mol. The first kappa shape index (κ1) is 27.2. The van der Waals surface area contributed by atoms with Gasteiger partial charge in [-0.1, -0.05) is 81.4 Å². The van der Waals surface area contributed by atoms with Crippen molar-refractivity contribution in [1.29, 1.82) is 0 Å². The number of alkyl halides is 8. The van der Waals surface area contributed by atoms with Crippen LogP contribution < -0.4 is 0 Å². The van der Waals surface area contributed by atoms with Crippen molar-refractivity contribution in [2.24, 2.45) is 0 Å². The summed E-state index contributed by atoms with van der Waals surface area (Å²) in [6, 6.07) is 20.3. The van der Waals surface area contributed by atoms with E-state index in [0.717, 1.165) is 11.6 Å². The number of pyridine rings is 1. The summed E-state index contributed by atoms with van der Waals surface area (Å²) < 4.78 is 124. The standard InChI is InChI=1S/C31H21F8NO/c1-27(2,3)21-15-22(40-26-23(21)28(32,33)30(36,37)31(38,39)29(26,34)35)20-14-8-13-19-18-12-7-11-17(24(18)41-25(19)20)16-9-5-4-6-10-16/h4-15H,1-3H3. The molecular weight excluding hydrogens is 554 g/mol. The summed E-state index contributed by atoms with van der Waals surface area (Å²) >= 11 is 0. The zero-order valence-electron chi connectivity index (χ0n) is 21.8. The second kappa shape index (κ2) is 8.30. The van der Waals surface area contributed by atoms with Crippen LogP contribution in [0.1, 0.15) is 37.6 Å². The van der Waals surface area contributed by atoms with Crippen molar-refractivity contribution in [3.05, 3.63) is 89.6 Å². The third-order valence-electron chi connectivity index (χ3n) is 7.51. The van der Waals surface area contributed by atoms with Gasteiger partial charge in [0.15, 0.2) is 0 Å². The van der Waals surface area contributed by atoms with Crippen LogP contribution in [0.2, 0.25) is 0 Å². The number of aromatic nitrogens is 1. The molecule has 0 spiro atoms. The number of hydrogen-bond donors (Lipinski definition) is 0. The maximum absolute atomic E-state index is 15.2. The minimum atomic E-state index is -6.41. The van der Waals surface area contributed by atoms with Crippen molar-refractivity contribution >= 4 is 21.9 Å². The molecule has 3 aromatic carbocycles. The number of halogens is 8. The molecule has 0 saturated carbocycles. The van der Waals surface area contributed by atoms with E-state index >= 15 is 17.6 Å². The second-order valence-corrected chi connectivity index (χ2v) is 11.2. The molecule has 41 heavy (non-hydrogen) atoms. The molecule has 1 aliphatic carbocycles. The first-order valence-electron chi connectivity index (χ1n) is 12.6. The lowest BCUT2D eigenvalue weighted by molar-refractivity contribution is -0.387. The average Bonchev–Trinajstić information content (AvgIpc) is 3.30. The van der Waals surface area contributed by atoms with Crippen molar-refractivity contribution < 1.29 is 39.5 Å². The van der Waals surface area contributed by atoms with Crippen molar-refractivity contribution in [1.82, 2.24) is 4.98 Å². The Kier molecular flexibility index (Phi) is 5.51. The van der Waals surface area contributed by atoms with E-state index in [1.165, 1.54) is 26.8 Å². The van der Waals surface area contributed by atoms with E-state index in [0.29, 0.717) is 21.9 Å². The topological polar surface area (TPSA) is 26.0 Å². The third-order valence-corrected chi connectivity index (χ3v) is 7.51. The molecule has 0 radical (unpaired) electrons. The molecule has 0 aliphatic heterocycles. The Morgan fingerprint density at radius 2 is 1.17 bits per heavy atom. The van der Waals surface area contributed by atoms with Gasteiger partial charge in [-0.15, -0.1) is 0 Å². The fourth-order valence-corrected chi connectivity index (χ4v) is 5.39. The van der Waals surface area contributed by atoms with Gasteiger partial charge in [-0.2, -0.15) is 35.1 Å². The molecule has 6 rings (SSSR count). The van der Waals surface area contributed by atoms with Gasteiger partial charge in [0.05, 0.1) is 11.3 Å². The summed E-state index contributed by atoms with van der Waals surface area (Å²) in [5, 5.41) is 1.18. The molecule has 2 aromatic heterocycles. The molecule has 1 aliphatic rings. The summed E-state index contributed by atoms with van der Waals surface area (Å²) in [5.41, 5.74) is -4.29. The van der Waals surface area contributed by atoms with Crippen LogP contribution in [0.15, 0.2) is 77.2 Å². The Labute approximate surface area is 228 Å². The van der Waals surface area contributed by atoms with E-state index in [4.69, 9.17) is 4.42 Å². The number of para-hydroxylation sites is 2. The number of nitrogens with zero attached hydrogens (tertiary/aromatic N) is 1. The highest BCUT2D eigenvalue weighted by Crippen LogP contribution is 2.65. The number of benzene rings is 3. The van der Waals surface area contributed by atoms with E-state index in [1.54, 1.807) is 24.3 Å². The largest absolute Gasteiger partial charge is 0.455 e. The molecule has 5 aromatic rings. The van der Waals surface area contributed by atoms with Gasteiger partial charge >= 0.3 is 23.7 Å². The highest BCUT2D eigenvalue weighted by molar-refractivity contribution is 6.12. The van der Waals surface area contributed by atoms with Crippen molar-refractivity contribution in [2.45, 2.75) is 49.9 Å². The van der Waals surface area contributed by atoms with Crippen LogP contribution >= 0.6 is 0 Å². The molecule has 0 amide bonds. The fraction of sp³-hybridized carbons (Fsp3) is 0.258. The van der Waals surface area contributed by atoms with Crippen LogP contribution in [0.4, 0.5) is 35.1 Å². The molecule has 0 unspecified atom stereocenters. The maximum atomic E-state index is 15.2. The van der Waals surface area contributed by atoms with Gasteiger partial charge in [-0.25, -0.2) is 4.98 Å². The van der Waals surface area contributed by atoms with E-state index in [1.807, 2.05) is 36.4 Å². The molecular formula is C31H21F8NO.